The quantitative estimate of drug-likeness (QED) is 0.271. The van der Waals surface area contributed by atoms with E-state index in [0.717, 1.165) is 73.3 Å². The van der Waals surface area contributed by atoms with Crippen molar-refractivity contribution in [1.29, 1.82) is 0 Å². The van der Waals surface area contributed by atoms with Crippen LogP contribution in [0.1, 0.15) is 41.9 Å². The largest absolute Gasteiger partial charge is 0.506 e. The number of aromatic hydroxyl groups is 1. The van der Waals surface area contributed by atoms with Gasteiger partial charge in [-0.25, -0.2) is 9.97 Å². The number of nitrogens with zero attached hydrogens (tertiary/aromatic N) is 3. The number of hydrogen-bond donors (Lipinski definition) is 1. The molecule has 0 fully saturated rings. The molecule has 0 saturated carbocycles. The van der Waals surface area contributed by atoms with E-state index in [1.54, 1.807) is 6.07 Å². The van der Waals surface area contributed by atoms with Crippen LogP contribution in [0.25, 0.3) is 11.3 Å². The molecule has 4 nitrogen and oxygen atoms in total. The fourth-order valence-corrected chi connectivity index (χ4v) is 4.11. The fraction of sp³-hybridized carbons (Fsp3) is 0.250. The van der Waals surface area contributed by atoms with Gasteiger partial charge in [0.1, 0.15) is 11.6 Å². The molecule has 33 heavy (non-hydrogen) atoms. The lowest BCUT2D eigenvalue weighted by Crippen LogP contribution is -1.98. The second kappa shape index (κ2) is 11.6. The summed E-state index contributed by atoms with van der Waals surface area (Å²) in [6.45, 7) is 0. The Kier molecular flexibility index (Phi) is 8.04. The minimum Gasteiger partial charge on any atom is -0.506 e. The lowest BCUT2D eigenvalue weighted by Gasteiger charge is -2.07. The normalized spacial score (nSPS) is 10.9. The van der Waals surface area contributed by atoms with Crippen LogP contribution in [-0.4, -0.2) is 20.1 Å². The van der Waals surface area contributed by atoms with Gasteiger partial charge in [0.15, 0.2) is 0 Å². The Bertz CT molecular complexity index is 1180. The van der Waals surface area contributed by atoms with E-state index in [1.807, 2.05) is 42.7 Å². The van der Waals surface area contributed by atoms with Crippen molar-refractivity contribution < 1.29 is 5.11 Å². The van der Waals surface area contributed by atoms with E-state index < -0.39 is 0 Å². The van der Waals surface area contributed by atoms with Crippen molar-refractivity contribution in [2.24, 2.45) is 0 Å². The van der Waals surface area contributed by atoms with E-state index in [-0.39, 0.29) is 5.75 Å². The van der Waals surface area contributed by atoms with Crippen molar-refractivity contribution in [2.75, 3.05) is 0 Å². The van der Waals surface area contributed by atoms with Crippen molar-refractivity contribution >= 4 is 11.6 Å². The first kappa shape index (κ1) is 22.9. The third kappa shape index (κ3) is 6.87. The maximum atomic E-state index is 9.56. The van der Waals surface area contributed by atoms with Crippen molar-refractivity contribution in [1.82, 2.24) is 15.0 Å². The minimum atomic E-state index is 0.117. The molecule has 2 aromatic heterocycles. The number of aromatic nitrogens is 3. The summed E-state index contributed by atoms with van der Waals surface area (Å²) in [5, 5.41) is 9.95. The molecule has 0 aliphatic carbocycles. The zero-order valence-corrected chi connectivity index (χ0v) is 19.4. The first-order valence-electron chi connectivity index (χ1n) is 11.5. The molecule has 0 radical (unpaired) electrons. The molecule has 4 aromatic rings. The average Bonchev–Trinajstić information content (AvgIpc) is 2.85. The lowest BCUT2D eigenvalue weighted by molar-refractivity contribution is 0.475. The van der Waals surface area contributed by atoms with Crippen LogP contribution in [0, 0.1) is 0 Å². The van der Waals surface area contributed by atoms with Gasteiger partial charge in [0.05, 0.1) is 10.7 Å². The van der Waals surface area contributed by atoms with Gasteiger partial charge in [-0.2, -0.15) is 0 Å². The third-order valence-electron chi connectivity index (χ3n) is 5.68. The SMILES string of the molecule is Oc1ccc(CCCc2nccc(-c3cccc(CCCCc4ccccn4)c3)n2)cc1Cl. The molecule has 2 aromatic carbocycles. The van der Waals surface area contributed by atoms with Crippen LogP contribution >= 0.6 is 11.6 Å². The van der Waals surface area contributed by atoms with Crippen LogP contribution < -0.4 is 0 Å². The Morgan fingerprint density at radius 3 is 2.39 bits per heavy atom. The molecule has 0 aliphatic heterocycles. The summed E-state index contributed by atoms with van der Waals surface area (Å²) in [4.78, 5) is 13.7. The number of hydrogen-bond acceptors (Lipinski definition) is 4. The Hall–Kier alpha value is -3.24. The lowest BCUT2D eigenvalue weighted by atomic mass is 10.0. The van der Waals surface area contributed by atoms with Crippen LogP contribution in [-0.2, 0) is 25.7 Å². The summed E-state index contributed by atoms with van der Waals surface area (Å²) in [5.74, 6) is 0.963. The van der Waals surface area contributed by atoms with Crippen LogP contribution in [0.15, 0.2) is 79.1 Å². The molecule has 0 atom stereocenters. The van der Waals surface area contributed by atoms with E-state index in [1.165, 1.54) is 5.56 Å². The van der Waals surface area contributed by atoms with Crippen molar-refractivity contribution in [2.45, 2.75) is 44.9 Å². The average molecular weight is 458 g/mol. The molecule has 4 rings (SSSR count). The molecule has 0 unspecified atom stereocenters. The smallest absolute Gasteiger partial charge is 0.134 e. The van der Waals surface area contributed by atoms with Crippen molar-refractivity contribution in [3.63, 3.8) is 0 Å². The summed E-state index contributed by atoms with van der Waals surface area (Å²) in [5.41, 5.74) is 5.69. The van der Waals surface area contributed by atoms with Crippen LogP contribution in [0.5, 0.6) is 5.75 Å². The molecule has 0 bridgehead atoms. The third-order valence-corrected chi connectivity index (χ3v) is 5.98. The van der Waals surface area contributed by atoms with Gasteiger partial charge < -0.3 is 5.11 Å². The number of halogens is 1. The van der Waals surface area contributed by atoms with Gasteiger partial charge in [0.25, 0.3) is 0 Å². The number of phenolic OH excluding ortho intramolecular Hbond substituents is 1. The number of aryl methyl sites for hydroxylation is 4. The van der Waals surface area contributed by atoms with Gasteiger partial charge in [0, 0.05) is 30.1 Å². The Morgan fingerprint density at radius 1 is 0.697 bits per heavy atom. The van der Waals surface area contributed by atoms with E-state index in [9.17, 15) is 5.11 Å². The molecule has 0 saturated heterocycles. The van der Waals surface area contributed by atoms with Gasteiger partial charge in [-0.05, 0) is 86.1 Å². The van der Waals surface area contributed by atoms with E-state index in [4.69, 9.17) is 16.6 Å². The summed E-state index contributed by atoms with van der Waals surface area (Å²) in [6, 6.07) is 22.1. The zero-order chi connectivity index (χ0) is 22.9. The highest BCUT2D eigenvalue weighted by Crippen LogP contribution is 2.24. The second-order valence-corrected chi connectivity index (χ2v) is 8.63. The van der Waals surface area contributed by atoms with Crippen LogP contribution in [0.3, 0.4) is 0 Å². The molecule has 2 heterocycles. The molecule has 1 N–H and O–H groups in total. The Balaban J connectivity index is 1.31. The van der Waals surface area contributed by atoms with Crippen molar-refractivity contribution in [3.8, 4) is 17.0 Å². The van der Waals surface area contributed by atoms with E-state index in [2.05, 4.69) is 40.3 Å². The minimum absolute atomic E-state index is 0.117. The maximum Gasteiger partial charge on any atom is 0.134 e. The molecule has 5 heteroatoms. The summed E-state index contributed by atoms with van der Waals surface area (Å²) in [7, 11) is 0. The summed E-state index contributed by atoms with van der Waals surface area (Å²) < 4.78 is 0. The van der Waals surface area contributed by atoms with Gasteiger partial charge in [-0.15, -0.1) is 0 Å². The zero-order valence-electron chi connectivity index (χ0n) is 18.6. The van der Waals surface area contributed by atoms with Gasteiger partial charge >= 0.3 is 0 Å². The van der Waals surface area contributed by atoms with Gasteiger partial charge in [-0.3, -0.25) is 4.98 Å². The Labute approximate surface area is 200 Å². The summed E-state index contributed by atoms with van der Waals surface area (Å²) in [6.07, 6.45) is 10.6. The topological polar surface area (TPSA) is 58.9 Å². The highest BCUT2D eigenvalue weighted by molar-refractivity contribution is 6.32. The molecule has 0 amide bonds. The standard InChI is InChI=1S/C28H28ClN3O/c29-25-20-22(14-15-27(25)33)9-6-13-28-31-18-16-26(32-28)23-10-5-8-21(19-23)7-1-2-11-24-12-3-4-17-30-24/h3-5,8,10,12,14-20,33H,1-2,6-7,9,11,13H2. The first-order chi connectivity index (χ1) is 16.2. The van der Waals surface area contributed by atoms with Crippen LogP contribution in [0.4, 0.5) is 0 Å². The predicted molar refractivity (Wildman–Crippen MR) is 133 cm³/mol. The fourth-order valence-electron chi connectivity index (χ4n) is 3.90. The number of rotatable bonds is 10. The highest BCUT2D eigenvalue weighted by atomic mass is 35.5. The van der Waals surface area contributed by atoms with Crippen molar-refractivity contribution in [3.05, 3.63) is 107 Å². The molecule has 0 aliphatic rings. The van der Waals surface area contributed by atoms with E-state index in [0.29, 0.717) is 5.02 Å². The predicted octanol–water partition coefficient (Wildman–Crippen LogP) is 6.64. The Morgan fingerprint density at radius 2 is 1.55 bits per heavy atom. The van der Waals surface area contributed by atoms with E-state index >= 15 is 0 Å². The second-order valence-electron chi connectivity index (χ2n) is 8.23. The monoisotopic (exact) mass is 457 g/mol. The first-order valence-corrected chi connectivity index (χ1v) is 11.8. The number of pyridine rings is 1. The van der Waals surface area contributed by atoms with Crippen LogP contribution in [0.2, 0.25) is 5.02 Å². The van der Waals surface area contributed by atoms with Gasteiger partial charge in [0.2, 0.25) is 0 Å². The van der Waals surface area contributed by atoms with Gasteiger partial charge in [-0.1, -0.05) is 41.9 Å². The number of phenols is 1. The number of unbranched alkanes of at least 4 members (excludes halogenated alkanes) is 1. The number of benzene rings is 2. The highest BCUT2D eigenvalue weighted by Gasteiger charge is 2.06. The molecule has 0 spiro atoms. The molecule has 168 valence electrons. The summed E-state index contributed by atoms with van der Waals surface area (Å²) >= 11 is 6.00. The molecular formula is C28H28ClN3O. The maximum absolute atomic E-state index is 9.56. The molecular weight excluding hydrogens is 430 g/mol.